The number of nitro groups is 1. The number of anilines is 1. The predicted molar refractivity (Wildman–Crippen MR) is 89.2 cm³/mol. The molecule has 3 rings (SSSR count). The van der Waals surface area contributed by atoms with Gasteiger partial charge in [0, 0.05) is 27.7 Å². The maximum Gasteiger partial charge on any atom is 0.271 e. The Kier molecular flexibility index (Phi) is 4.07. The number of aromatic nitrogens is 2. The van der Waals surface area contributed by atoms with E-state index in [9.17, 15) is 14.9 Å². The first-order chi connectivity index (χ1) is 11.0. The van der Waals surface area contributed by atoms with Crippen molar-refractivity contribution in [3.8, 4) is 0 Å². The molecule has 116 valence electrons. The van der Waals surface area contributed by atoms with E-state index in [1.54, 1.807) is 24.4 Å². The highest BCUT2D eigenvalue weighted by Gasteiger charge is 2.12. The van der Waals surface area contributed by atoms with Gasteiger partial charge in [-0.1, -0.05) is 22.0 Å². The summed E-state index contributed by atoms with van der Waals surface area (Å²) in [6.45, 7) is -0.0306. The minimum Gasteiger partial charge on any atom is -0.324 e. The van der Waals surface area contributed by atoms with Crippen LogP contribution in [0.1, 0.15) is 0 Å². The monoisotopic (exact) mass is 374 g/mol. The van der Waals surface area contributed by atoms with E-state index < -0.39 is 4.92 Å². The molecule has 23 heavy (non-hydrogen) atoms. The van der Waals surface area contributed by atoms with Crippen molar-refractivity contribution < 1.29 is 9.72 Å². The van der Waals surface area contributed by atoms with E-state index >= 15 is 0 Å². The number of rotatable bonds is 4. The molecule has 0 aliphatic heterocycles. The van der Waals surface area contributed by atoms with Crippen molar-refractivity contribution in [3.63, 3.8) is 0 Å². The van der Waals surface area contributed by atoms with Gasteiger partial charge in [0.2, 0.25) is 5.91 Å². The summed E-state index contributed by atoms with van der Waals surface area (Å²) in [6.07, 6.45) is 1.57. The number of amides is 1. The fourth-order valence-corrected chi connectivity index (χ4v) is 2.60. The first-order valence-corrected chi connectivity index (χ1v) is 7.47. The Morgan fingerprint density at radius 2 is 2.13 bits per heavy atom. The van der Waals surface area contributed by atoms with Crippen LogP contribution >= 0.6 is 15.9 Å². The van der Waals surface area contributed by atoms with Crippen molar-refractivity contribution in [1.82, 2.24) is 9.78 Å². The lowest BCUT2D eigenvalue weighted by Crippen LogP contribution is -2.19. The number of nitrogens with zero attached hydrogens (tertiary/aromatic N) is 3. The lowest BCUT2D eigenvalue weighted by Gasteiger charge is -2.06. The van der Waals surface area contributed by atoms with E-state index in [-0.39, 0.29) is 18.1 Å². The van der Waals surface area contributed by atoms with Crippen LogP contribution in [0.5, 0.6) is 0 Å². The topological polar surface area (TPSA) is 90.1 Å². The van der Waals surface area contributed by atoms with Gasteiger partial charge in [-0.2, -0.15) is 5.10 Å². The summed E-state index contributed by atoms with van der Waals surface area (Å²) in [6, 6.07) is 11.7. The summed E-state index contributed by atoms with van der Waals surface area (Å²) < 4.78 is 2.30. The number of fused-ring (bicyclic) bond motifs is 1. The molecule has 1 amide bonds. The number of carbonyl (C=O) groups excluding carboxylic acids is 1. The third-order valence-corrected chi connectivity index (χ3v) is 3.73. The largest absolute Gasteiger partial charge is 0.324 e. The van der Waals surface area contributed by atoms with Gasteiger partial charge in [0.25, 0.3) is 5.69 Å². The summed E-state index contributed by atoms with van der Waals surface area (Å²) in [7, 11) is 0. The zero-order valence-corrected chi connectivity index (χ0v) is 13.4. The minimum atomic E-state index is -0.474. The zero-order chi connectivity index (χ0) is 16.4. The highest BCUT2D eigenvalue weighted by atomic mass is 79.9. The van der Waals surface area contributed by atoms with Crippen LogP contribution in [0, 0.1) is 10.1 Å². The highest BCUT2D eigenvalue weighted by molar-refractivity contribution is 9.10. The van der Waals surface area contributed by atoms with Gasteiger partial charge in [0.15, 0.2) is 0 Å². The number of carbonyl (C=O) groups is 1. The molecule has 1 N–H and O–H groups in total. The van der Waals surface area contributed by atoms with Crippen molar-refractivity contribution in [3.05, 3.63) is 63.2 Å². The number of non-ortho nitro benzene ring substituents is 1. The Morgan fingerprint density at radius 3 is 2.87 bits per heavy atom. The van der Waals surface area contributed by atoms with Gasteiger partial charge in [0.05, 0.1) is 16.6 Å². The van der Waals surface area contributed by atoms with Crippen molar-refractivity contribution in [2.24, 2.45) is 0 Å². The van der Waals surface area contributed by atoms with Gasteiger partial charge in [0.1, 0.15) is 6.54 Å². The van der Waals surface area contributed by atoms with Crippen LogP contribution in [0.15, 0.2) is 53.1 Å². The Balaban J connectivity index is 1.82. The Bertz CT molecular complexity index is 907. The van der Waals surface area contributed by atoms with E-state index in [2.05, 4.69) is 26.3 Å². The standard InChI is InChI=1S/C15H11BrN4O3/c16-11-2-1-3-12(6-11)18-15(21)9-19-14-7-13(20(22)23)5-4-10(14)8-17-19/h1-8H,9H2,(H,18,21). The molecule has 8 heteroatoms. The molecule has 0 atom stereocenters. The fraction of sp³-hybridized carbons (Fsp3) is 0.0667. The summed E-state index contributed by atoms with van der Waals surface area (Å²) in [5, 5.41) is 18.5. The Morgan fingerprint density at radius 1 is 1.30 bits per heavy atom. The van der Waals surface area contributed by atoms with Crippen molar-refractivity contribution in [1.29, 1.82) is 0 Å². The second-order valence-electron chi connectivity index (χ2n) is 4.86. The van der Waals surface area contributed by atoms with Crippen LogP contribution < -0.4 is 5.32 Å². The smallest absolute Gasteiger partial charge is 0.271 e. The number of halogens is 1. The molecular weight excluding hydrogens is 364 g/mol. The molecule has 7 nitrogen and oxygen atoms in total. The number of hydrogen-bond donors (Lipinski definition) is 1. The van der Waals surface area contributed by atoms with Gasteiger partial charge in [-0.15, -0.1) is 0 Å². The first-order valence-electron chi connectivity index (χ1n) is 6.68. The number of hydrogen-bond acceptors (Lipinski definition) is 4. The molecule has 0 fully saturated rings. The average Bonchev–Trinajstić information content (AvgIpc) is 2.89. The van der Waals surface area contributed by atoms with E-state index in [1.165, 1.54) is 16.8 Å². The second-order valence-corrected chi connectivity index (χ2v) is 5.78. The summed E-state index contributed by atoms with van der Waals surface area (Å²) in [5.74, 6) is -0.264. The second kappa shape index (κ2) is 6.17. The molecule has 0 saturated carbocycles. The highest BCUT2D eigenvalue weighted by Crippen LogP contribution is 2.21. The molecule has 0 aliphatic rings. The molecule has 0 aliphatic carbocycles. The van der Waals surface area contributed by atoms with Crippen LogP contribution in [0.2, 0.25) is 0 Å². The predicted octanol–water partition coefficient (Wildman–Crippen LogP) is 3.35. The maximum atomic E-state index is 12.1. The van der Waals surface area contributed by atoms with Gasteiger partial charge in [-0.3, -0.25) is 19.6 Å². The SMILES string of the molecule is O=C(Cn1ncc2ccc([N+](=O)[O-])cc21)Nc1cccc(Br)c1. The van der Waals surface area contributed by atoms with Gasteiger partial charge in [-0.25, -0.2) is 0 Å². The van der Waals surface area contributed by atoms with Crippen LogP contribution in [-0.4, -0.2) is 20.6 Å². The molecule has 0 radical (unpaired) electrons. The molecule has 0 bridgehead atoms. The zero-order valence-electron chi connectivity index (χ0n) is 11.8. The van der Waals surface area contributed by atoms with Crippen molar-refractivity contribution in [2.45, 2.75) is 6.54 Å². The summed E-state index contributed by atoms with van der Waals surface area (Å²) in [5.41, 5.74) is 1.17. The third-order valence-electron chi connectivity index (χ3n) is 3.24. The van der Waals surface area contributed by atoms with E-state index in [1.807, 2.05) is 12.1 Å². The minimum absolute atomic E-state index is 0.0306. The summed E-state index contributed by atoms with van der Waals surface area (Å²) in [4.78, 5) is 22.5. The van der Waals surface area contributed by atoms with E-state index in [4.69, 9.17) is 0 Å². The van der Waals surface area contributed by atoms with E-state index in [0.717, 1.165) is 9.86 Å². The molecule has 2 aromatic carbocycles. The van der Waals surface area contributed by atoms with Crippen molar-refractivity contribution in [2.75, 3.05) is 5.32 Å². The van der Waals surface area contributed by atoms with Gasteiger partial charge in [-0.05, 0) is 24.3 Å². The number of nitrogens with one attached hydrogen (secondary N) is 1. The number of benzene rings is 2. The van der Waals surface area contributed by atoms with Crippen LogP contribution in [0.4, 0.5) is 11.4 Å². The Labute approximate surface area is 139 Å². The fourth-order valence-electron chi connectivity index (χ4n) is 2.20. The lowest BCUT2D eigenvalue weighted by molar-refractivity contribution is -0.384. The average molecular weight is 375 g/mol. The molecular formula is C15H11BrN4O3. The first kappa shape index (κ1) is 15.2. The summed E-state index contributed by atoms with van der Waals surface area (Å²) >= 11 is 3.33. The maximum absolute atomic E-state index is 12.1. The van der Waals surface area contributed by atoms with E-state index in [0.29, 0.717) is 11.2 Å². The molecule has 3 aromatic rings. The Hall–Kier alpha value is -2.74. The van der Waals surface area contributed by atoms with Crippen LogP contribution in [-0.2, 0) is 11.3 Å². The van der Waals surface area contributed by atoms with Gasteiger partial charge >= 0.3 is 0 Å². The molecule has 0 saturated heterocycles. The van der Waals surface area contributed by atoms with Crippen LogP contribution in [0.25, 0.3) is 10.9 Å². The molecule has 0 spiro atoms. The van der Waals surface area contributed by atoms with Gasteiger partial charge < -0.3 is 5.32 Å². The molecule has 1 heterocycles. The number of nitro benzene ring substituents is 1. The molecule has 1 aromatic heterocycles. The van der Waals surface area contributed by atoms with Crippen LogP contribution in [0.3, 0.4) is 0 Å². The van der Waals surface area contributed by atoms with Crippen molar-refractivity contribution >= 4 is 44.1 Å². The molecule has 0 unspecified atom stereocenters. The lowest BCUT2D eigenvalue weighted by atomic mass is 10.2. The normalized spacial score (nSPS) is 10.7. The third kappa shape index (κ3) is 3.37. The quantitative estimate of drug-likeness (QED) is 0.559.